The van der Waals surface area contributed by atoms with Crippen LogP contribution in [0.3, 0.4) is 0 Å². The molecule has 1 aliphatic rings. The molecule has 1 atom stereocenters. The van der Waals surface area contributed by atoms with Gasteiger partial charge in [-0.3, -0.25) is 0 Å². The standard InChI is InChI=1S/C17H21NO3S/c1-2-18(12-14-10-11-21-13-14)22(19,20)17-9-5-7-15-6-3-4-8-16(15)17/h3-9,14H,2,10-13H2,1H3/t14-/m0/s1. The Morgan fingerprint density at radius 3 is 2.68 bits per heavy atom. The van der Waals surface area contributed by atoms with Gasteiger partial charge in [-0.05, 0) is 23.8 Å². The minimum absolute atomic E-state index is 0.296. The van der Waals surface area contributed by atoms with E-state index in [9.17, 15) is 8.42 Å². The average molecular weight is 319 g/mol. The lowest BCUT2D eigenvalue weighted by molar-refractivity contribution is 0.181. The van der Waals surface area contributed by atoms with Crippen LogP contribution in [0.25, 0.3) is 10.8 Å². The molecule has 0 spiro atoms. The van der Waals surface area contributed by atoms with Crippen molar-refractivity contribution in [1.82, 2.24) is 4.31 Å². The molecule has 0 unspecified atom stereocenters. The Bertz CT molecular complexity index is 746. The summed E-state index contributed by atoms with van der Waals surface area (Å²) in [6.07, 6.45) is 0.932. The topological polar surface area (TPSA) is 46.6 Å². The van der Waals surface area contributed by atoms with Crippen molar-refractivity contribution in [3.05, 3.63) is 42.5 Å². The van der Waals surface area contributed by atoms with Gasteiger partial charge in [-0.15, -0.1) is 0 Å². The molecule has 1 fully saturated rings. The third-order valence-electron chi connectivity index (χ3n) is 4.21. The zero-order valence-corrected chi connectivity index (χ0v) is 13.6. The second-order valence-electron chi connectivity index (χ2n) is 5.66. The van der Waals surface area contributed by atoms with Crippen molar-refractivity contribution in [1.29, 1.82) is 0 Å². The fourth-order valence-corrected chi connectivity index (χ4v) is 4.71. The monoisotopic (exact) mass is 319 g/mol. The van der Waals surface area contributed by atoms with Gasteiger partial charge in [0.2, 0.25) is 10.0 Å². The van der Waals surface area contributed by atoms with E-state index in [0.29, 0.717) is 30.5 Å². The maximum Gasteiger partial charge on any atom is 0.243 e. The van der Waals surface area contributed by atoms with Crippen LogP contribution in [-0.2, 0) is 14.8 Å². The van der Waals surface area contributed by atoms with E-state index in [2.05, 4.69) is 0 Å². The molecular weight excluding hydrogens is 298 g/mol. The van der Waals surface area contributed by atoms with Crippen molar-refractivity contribution in [2.45, 2.75) is 18.2 Å². The van der Waals surface area contributed by atoms with Crippen molar-refractivity contribution < 1.29 is 13.2 Å². The Kier molecular flexibility index (Phi) is 4.47. The second kappa shape index (κ2) is 6.36. The average Bonchev–Trinajstić information content (AvgIpc) is 3.05. The molecule has 2 aromatic carbocycles. The van der Waals surface area contributed by atoms with Crippen LogP contribution in [0.15, 0.2) is 47.4 Å². The lowest BCUT2D eigenvalue weighted by Crippen LogP contribution is -2.35. The first-order chi connectivity index (χ1) is 10.6. The summed E-state index contributed by atoms with van der Waals surface area (Å²) in [5, 5.41) is 1.73. The van der Waals surface area contributed by atoms with Gasteiger partial charge in [0.1, 0.15) is 0 Å². The van der Waals surface area contributed by atoms with E-state index in [1.807, 2.05) is 43.3 Å². The van der Waals surface area contributed by atoms with Crippen molar-refractivity contribution in [2.75, 3.05) is 26.3 Å². The number of sulfonamides is 1. The Hall–Kier alpha value is -1.43. The summed E-state index contributed by atoms with van der Waals surface area (Å²) >= 11 is 0. The van der Waals surface area contributed by atoms with Gasteiger partial charge in [0, 0.05) is 25.1 Å². The van der Waals surface area contributed by atoms with Gasteiger partial charge >= 0.3 is 0 Å². The molecule has 1 saturated heterocycles. The minimum Gasteiger partial charge on any atom is -0.381 e. The van der Waals surface area contributed by atoms with Gasteiger partial charge in [-0.1, -0.05) is 43.3 Å². The van der Waals surface area contributed by atoms with Crippen LogP contribution in [0.4, 0.5) is 0 Å². The van der Waals surface area contributed by atoms with Crippen LogP contribution in [0.2, 0.25) is 0 Å². The zero-order valence-electron chi connectivity index (χ0n) is 12.7. The number of fused-ring (bicyclic) bond motifs is 1. The largest absolute Gasteiger partial charge is 0.381 e. The first-order valence-electron chi connectivity index (χ1n) is 7.68. The Balaban J connectivity index is 1.99. The normalized spacial score (nSPS) is 19.1. The second-order valence-corrected chi connectivity index (χ2v) is 7.57. The molecule has 1 aliphatic heterocycles. The summed E-state index contributed by atoms with van der Waals surface area (Å²) in [5.41, 5.74) is 0. The van der Waals surface area contributed by atoms with E-state index in [1.54, 1.807) is 10.4 Å². The van der Waals surface area contributed by atoms with Gasteiger partial charge in [-0.25, -0.2) is 8.42 Å². The van der Waals surface area contributed by atoms with Crippen LogP contribution in [0.1, 0.15) is 13.3 Å². The first-order valence-corrected chi connectivity index (χ1v) is 9.12. The molecule has 2 aromatic rings. The quantitative estimate of drug-likeness (QED) is 0.851. The van der Waals surface area contributed by atoms with Crippen LogP contribution < -0.4 is 0 Å². The number of hydrogen-bond acceptors (Lipinski definition) is 3. The van der Waals surface area contributed by atoms with E-state index < -0.39 is 10.0 Å². The summed E-state index contributed by atoms with van der Waals surface area (Å²) in [5.74, 6) is 0.296. The Morgan fingerprint density at radius 1 is 1.18 bits per heavy atom. The van der Waals surface area contributed by atoms with E-state index >= 15 is 0 Å². The number of benzene rings is 2. The van der Waals surface area contributed by atoms with E-state index in [-0.39, 0.29) is 0 Å². The molecule has 0 bridgehead atoms. The molecule has 0 amide bonds. The maximum absolute atomic E-state index is 13.1. The van der Waals surface area contributed by atoms with E-state index in [1.165, 1.54) is 0 Å². The predicted octanol–water partition coefficient (Wildman–Crippen LogP) is 2.89. The summed E-state index contributed by atoms with van der Waals surface area (Å²) in [4.78, 5) is 0.395. The lowest BCUT2D eigenvalue weighted by Gasteiger charge is -2.23. The molecule has 5 heteroatoms. The molecule has 0 radical (unpaired) electrons. The molecule has 1 heterocycles. The fraction of sp³-hybridized carbons (Fsp3) is 0.412. The van der Waals surface area contributed by atoms with Gasteiger partial charge in [-0.2, -0.15) is 4.31 Å². The van der Waals surface area contributed by atoms with Gasteiger partial charge < -0.3 is 4.74 Å². The number of rotatable bonds is 5. The summed E-state index contributed by atoms with van der Waals surface area (Å²) in [6, 6.07) is 13.1. The maximum atomic E-state index is 13.1. The summed E-state index contributed by atoms with van der Waals surface area (Å²) < 4.78 is 33.0. The third kappa shape index (κ3) is 2.89. The zero-order chi connectivity index (χ0) is 15.6. The van der Waals surface area contributed by atoms with Crippen molar-refractivity contribution in [2.24, 2.45) is 5.92 Å². The molecule has 22 heavy (non-hydrogen) atoms. The Labute approximate surface area is 131 Å². The van der Waals surface area contributed by atoms with Crippen molar-refractivity contribution in [3.63, 3.8) is 0 Å². The van der Waals surface area contributed by atoms with Crippen LogP contribution in [0, 0.1) is 5.92 Å². The predicted molar refractivity (Wildman–Crippen MR) is 87.3 cm³/mol. The smallest absolute Gasteiger partial charge is 0.243 e. The number of ether oxygens (including phenoxy) is 1. The highest BCUT2D eigenvalue weighted by Crippen LogP contribution is 2.27. The number of hydrogen-bond donors (Lipinski definition) is 0. The van der Waals surface area contributed by atoms with Gasteiger partial charge in [0.25, 0.3) is 0 Å². The van der Waals surface area contributed by atoms with Crippen molar-refractivity contribution >= 4 is 20.8 Å². The highest BCUT2D eigenvalue weighted by molar-refractivity contribution is 7.89. The van der Waals surface area contributed by atoms with Crippen LogP contribution in [0.5, 0.6) is 0 Å². The number of nitrogens with zero attached hydrogens (tertiary/aromatic N) is 1. The van der Waals surface area contributed by atoms with Gasteiger partial charge in [0.15, 0.2) is 0 Å². The van der Waals surface area contributed by atoms with E-state index in [4.69, 9.17) is 4.74 Å². The van der Waals surface area contributed by atoms with Crippen molar-refractivity contribution in [3.8, 4) is 0 Å². The lowest BCUT2D eigenvalue weighted by atomic mass is 10.1. The van der Waals surface area contributed by atoms with Crippen LogP contribution >= 0.6 is 0 Å². The molecule has 4 nitrogen and oxygen atoms in total. The van der Waals surface area contributed by atoms with E-state index in [0.717, 1.165) is 23.8 Å². The van der Waals surface area contributed by atoms with Gasteiger partial charge in [0.05, 0.1) is 11.5 Å². The minimum atomic E-state index is -3.49. The Morgan fingerprint density at radius 2 is 1.95 bits per heavy atom. The summed E-state index contributed by atoms with van der Waals surface area (Å²) in [7, 11) is -3.49. The molecule has 0 saturated carbocycles. The highest BCUT2D eigenvalue weighted by Gasteiger charge is 2.28. The molecular formula is C17H21NO3S. The van der Waals surface area contributed by atoms with Crippen LogP contribution in [-0.4, -0.2) is 39.0 Å². The molecule has 0 aliphatic carbocycles. The SMILES string of the molecule is CCN(C[C@@H]1CCOC1)S(=O)(=O)c1cccc2ccccc12. The molecule has 118 valence electrons. The molecule has 0 N–H and O–H groups in total. The molecule has 3 rings (SSSR count). The first kappa shape index (κ1) is 15.5. The summed E-state index contributed by atoms with van der Waals surface area (Å²) in [6.45, 7) is 4.28. The molecule has 0 aromatic heterocycles. The highest BCUT2D eigenvalue weighted by atomic mass is 32.2. The third-order valence-corrected chi connectivity index (χ3v) is 6.20. The fourth-order valence-electron chi connectivity index (χ4n) is 2.97.